The molecule has 2 fully saturated rings. The van der Waals surface area contributed by atoms with Crippen LogP contribution in [0.15, 0.2) is 22.7 Å². The molecule has 0 amide bonds. The van der Waals surface area contributed by atoms with Crippen LogP contribution in [0.2, 0.25) is 5.02 Å². The van der Waals surface area contributed by atoms with Gasteiger partial charge in [-0.25, -0.2) is 0 Å². The Bertz CT molecular complexity index is 424. The molecule has 2 aliphatic heterocycles. The molecule has 1 aromatic carbocycles. The second-order valence-electron chi connectivity index (χ2n) is 5.01. The molecule has 0 radical (unpaired) electrons. The lowest BCUT2D eigenvalue weighted by Crippen LogP contribution is -2.39. The normalized spacial score (nSPS) is 31.5. The molecule has 0 spiro atoms. The molecule has 0 aliphatic carbocycles. The number of nitrogens with zero attached hydrogens (tertiary/aromatic N) is 1. The Morgan fingerprint density at radius 1 is 1.29 bits per heavy atom. The molecule has 2 nitrogen and oxygen atoms in total. The summed E-state index contributed by atoms with van der Waals surface area (Å²) in [6, 6.07) is 6.53. The summed E-state index contributed by atoms with van der Waals surface area (Å²) in [5, 5.41) is 4.45. The molecule has 1 N–H and O–H groups in total. The molecule has 1 aromatic rings. The van der Waals surface area contributed by atoms with Gasteiger partial charge in [-0.05, 0) is 59.4 Å². The van der Waals surface area contributed by atoms with E-state index in [4.69, 9.17) is 11.6 Å². The Balaban J connectivity index is 1.75. The summed E-state index contributed by atoms with van der Waals surface area (Å²) in [4.78, 5) is 2.57. The van der Waals surface area contributed by atoms with Crippen LogP contribution in [0.5, 0.6) is 0 Å². The molecule has 2 saturated heterocycles. The summed E-state index contributed by atoms with van der Waals surface area (Å²) in [6.07, 6.45) is 2.57. The topological polar surface area (TPSA) is 15.3 Å². The van der Waals surface area contributed by atoms with E-state index in [0.717, 1.165) is 21.1 Å². The van der Waals surface area contributed by atoms with Crippen molar-refractivity contribution >= 4 is 33.2 Å². The minimum atomic E-state index is 0.600. The molecule has 2 bridgehead atoms. The lowest BCUT2D eigenvalue weighted by molar-refractivity contribution is 0.255. The predicted octanol–water partition coefficient (Wildman–Crippen LogP) is 3.61. The van der Waals surface area contributed by atoms with Crippen LogP contribution in [-0.2, 0) is 0 Å². The van der Waals surface area contributed by atoms with Crippen LogP contribution in [0, 0.1) is 5.92 Å². The van der Waals surface area contributed by atoms with Gasteiger partial charge in [-0.2, -0.15) is 0 Å². The molecule has 17 heavy (non-hydrogen) atoms. The van der Waals surface area contributed by atoms with E-state index >= 15 is 0 Å². The molecule has 3 unspecified atom stereocenters. The first-order valence-corrected chi connectivity index (χ1v) is 7.33. The predicted molar refractivity (Wildman–Crippen MR) is 75.7 cm³/mol. The number of rotatable bonds is 2. The molecule has 2 aliphatic rings. The van der Waals surface area contributed by atoms with Crippen molar-refractivity contribution in [2.45, 2.75) is 18.9 Å². The first-order chi connectivity index (χ1) is 8.22. The van der Waals surface area contributed by atoms with Crippen LogP contribution in [-0.4, -0.2) is 30.6 Å². The largest absolute Gasteiger partial charge is 0.381 e. The van der Waals surface area contributed by atoms with Gasteiger partial charge in [-0.15, -0.1) is 0 Å². The standard InChI is InChI=1S/C13H16BrClN2/c14-11-2-1-10(15)7-13(11)16-12-4-6-17-5-3-9(12)8-17/h1-2,7,9,12,16H,3-6,8H2. The number of benzene rings is 1. The van der Waals surface area contributed by atoms with Crippen LogP contribution in [0.3, 0.4) is 0 Å². The van der Waals surface area contributed by atoms with E-state index < -0.39 is 0 Å². The Morgan fingerprint density at radius 2 is 2.12 bits per heavy atom. The average Bonchev–Trinajstić information content (AvgIpc) is 2.70. The highest BCUT2D eigenvalue weighted by Gasteiger charge is 2.34. The number of nitrogens with one attached hydrogen (secondary N) is 1. The third-order valence-electron chi connectivity index (χ3n) is 3.90. The number of hydrogen-bond donors (Lipinski definition) is 1. The van der Waals surface area contributed by atoms with E-state index in [0.29, 0.717) is 6.04 Å². The van der Waals surface area contributed by atoms with Crippen molar-refractivity contribution in [3.63, 3.8) is 0 Å². The molecular formula is C13H16BrClN2. The zero-order valence-electron chi connectivity index (χ0n) is 9.63. The highest BCUT2D eigenvalue weighted by atomic mass is 79.9. The third kappa shape index (κ3) is 2.47. The van der Waals surface area contributed by atoms with Crippen LogP contribution in [0.1, 0.15) is 12.8 Å². The molecule has 3 rings (SSSR count). The van der Waals surface area contributed by atoms with Gasteiger partial charge in [0.25, 0.3) is 0 Å². The third-order valence-corrected chi connectivity index (χ3v) is 4.83. The maximum atomic E-state index is 6.04. The van der Waals surface area contributed by atoms with Crippen LogP contribution in [0.25, 0.3) is 0 Å². The highest BCUT2D eigenvalue weighted by molar-refractivity contribution is 9.10. The summed E-state index contributed by atoms with van der Waals surface area (Å²) >= 11 is 9.62. The van der Waals surface area contributed by atoms with Gasteiger partial charge in [0.15, 0.2) is 0 Å². The van der Waals surface area contributed by atoms with Crippen molar-refractivity contribution in [1.29, 1.82) is 0 Å². The van der Waals surface area contributed by atoms with Crippen molar-refractivity contribution in [3.05, 3.63) is 27.7 Å². The summed E-state index contributed by atoms with van der Waals surface area (Å²) in [6.45, 7) is 3.77. The van der Waals surface area contributed by atoms with Gasteiger partial charge in [0.05, 0.1) is 5.69 Å². The van der Waals surface area contributed by atoms with E-state index in [-0.39, 0.29) is 0 Å². The molecule has 92 valence electrons. The van der Waals surface area contributed by atoms with Crippen molar-refractivity contribution < 1.29 is 0 Å². The van der Waals surface area contributed by atoms with Crippen LogP contribution >= 0.6 is 27.5 Å². The summed E-state index contributed by atoms with van der Waals surface area (Å²) in [7, 11) is 0. The number of halogens is 2. The molecular weight excluding hydrogens is 300 g/mol. The summed E-state index contributed by atoms with van der Waals surface area (Å²) in [5.74, 6) is 0.801. The highest BCUT2D eigenvalue weighted by Crippen LogP contribution is 2.32. The fourth-order valence-electron chi connectivity index (χ4n) is 2.95. The average molecular weight is 316 g/mol. The first kappa shape index (κ1) is 11.8. The Hall–Kier alpha value is -0.250. The van der Waals surface area contributed by atoms with E-state index in [1.165, 1.54) is 32.5 Å². The van der Waals surface area contributed by atoms with Gasteiger partial charge in [0.1, 0.15) is 0 Å². The van der Waals surface area contributed by atoms with Crippen LogP contribution < -0.4 is 5.32 Å². The minimum absolute atomic E-state index is 0.600. The first-order valence-electron chi connectivity index (χ1n) is 6.16. The minimum Gasteiger partial charge on any atom is -0.381 e. The van der Waals surface area contributed by atoms with E-state index in [1.807, 2.05) is 18.2 Å². The van der Waals surface area contributed by atoms with Crippen molar-refractivity contribution in [2.24, 2.45) is 5.92 Å². The van der Waals surface area contributed by atoms with Gasteiger partial charge >= 0.3 is 0 Å². The zero-order valence-corrected chi connectivity index (χ0v) is 12.0. The van der Waals surface area contributed by atoms with Crippen LogP contribution in [0.4, 0.5) is 5.69 Å². The van der Waals surface area contributed by atoms with E-state index in [1.54, 1.807) is 0 Å². The summed E-state index contributed by atoms with van der Waals surface area (Å²) < 4.78 is 1.10. The Labute approximate surface area is 115 Å². The smallest absolute Gasteiger partial charge is 0.0501 e. The molecule has 4 heteroatoms. The van der Waals surface area contributed by atoms with Gasteiger partial charge < -0.3 is 10.2 Å². The second-order valence-corrected chi connectivity index (χ2v) is 6.30. The van der Waals surface area contributed by atoms with E-state index in [9.17, 15) is 0 Å². The Morgan fingerprint density at radius 3 is 3.00 bits per heavy atom. The van der Waals surface area contributed by atoms with Gasteiger partial charge in [0, 0.05) is 28.6 Å². The zero-order chi connectivity index (χ0) is 11.8. The maximum Gasteiger partial charge on any atom is 0.0501 e. The molecule has 0 aromatic heterocycles. The molecule has 0 saturated carbocycles. The van der Waals surface area contributed by atoms with Gasteiger partial charge in [-0.3, -0.25) is 0 Å². The lowest BCUT2D eigenvalue weighted by Gasteiger charge is -2.32. The number of piperidine rings is 1. The summed E-state index contributed by atoms with van der Waals surface area (Å²) in [5.41, 5.74) is 1.13. The van der Waals surface area contributed by atoms with Crippen molar-refractivity contribution in [2.75, 3.05) is 25.0 Å². The molecule has 3 atom stereocenters. The number of anilines is 1. The monoisotopic (exact) mass is 314 g/mol. The van der Waals surface area contributed by atoms with E-state index in [2.05, 4.69) is 26.1 Å². The fraction of sp³-hybridized carbons (Fsp3) is 0.538. The maximum absolute atomic E-state index is 6.04. The second kappa shape index (κ2) is 4.79. The SMILES string of the molecule is Clc1ccc(Br)c(NC2CCN3CCC2C3)c1. The quantitative estimate of drug-likeness (QED) is 0.897. The van der Waals surface area contributed by atoms with Crippen molar-refractivity contribution in [1.82, 2.24) is 4.90 Å². The van der Waals surface area contributed by atoms with Gasteiger partial charge in [0.2, 0.25) is 0 Å². The number of fused-ring (bicyclic) bond motifs is 2. The molecule has 2 heterocycles. The fourth-order valence-corrected chi connectivity index (χ4v) is 3.48. The Kier molecular flexibility index (Phi) is 3.33. The van der Waals surface area contributed by atoms with Gasteiger partial charge in [-0.1, -0.05) is 11.6 Å². The van der Waals surface area contributed by atoms with Crippen molar-refractivity contribution in [3.8, 4) is 0 Å². The lowest BCUT2D eigenvalue weighted by atomic mass is 9.94. The number of hydrogen-bond acceptors (Lipinski definition) is 2.